The van der Waals surface area contributed by atoms with Gasteiger partial charge in [-0.1, -0.05) is 18.2 Å². The third-order valence-corrected chi connectivity index (χ3v) is 4.05. The molecule has 0 bridgehead atoms. The maximum absolute atomic E-state index is 12.5. The molecule has 2 aromatic rings. The van der Waals surface area contributed by atoms with Gasteiger partial charge in [0.2, 0.25) is 0 Å². The van der Waals surface area contributed by atoms with Crippen molar-refractivity contribution in [1.29, 1.82) is 0 Å². The molecule has 0 saturated heterocycles. The topological polar surface area (TPSA) is 66.7 Å². The molecule has 0 aliphatic carbocycles. The summed E-state index contributed by atoms with van der Waals surface area (Å²) in [6.07, 6.45) is 3.81. The quantitative estimate of drug-likeness (QED) is 0.326. The van der Waals surface area contributed by atoms with E-state index in [-0.39, 0.29) is 35.8 Å². The first-order valence-corrected chi connectivity index (χ1v) is 8.53. The lowest BCUT2D eigenvalue weighted by Crippen LogP contribution is -2.41. The van der Waals surface area contributed by atoms with Gasteiger partial charge in [0.1, 0.15) is 5.75 Å². The first-order chi connectivity index (χ1) is 12.9. The van der Waals surface area contributed by atoms with E-state index < -0.39 is 6.61 Å². The molecule has 1 aromatic heterocycles. The standard InChI is InChI=1S/C18H26F2N6O.HI/c1-21-18(22-9-13-7-5-6-8-16(13)27-17(19)20)23-11-15(25(2)3)14-10-24-26(4)12-14;/h5-8,10,12,15,17H,9,11H2,1-4H3,(H2,21,22,23);1H. The molecule has 1 heterocycles. The molecule has 1 atom stereocenters. The fraction of sp³-hybridized carbons (Fsp3) is 0.444. The number of nitrogens with zero attached hydrogens (tertiary/aromatic N) is 4. The lowest BCUT2D eigenvalue weighted by molar-refractivity contribution is -0.0504. The number of aryl methyl sites for hydroxylation is 1. The predicted molar refractivity (Wildman–Crippen MR) is 116 cm³/mol. The van der Waals surface area contributed by atoms with Gasteiger partial charge in [-0.2, -0.15) is 13.9 Å². The van der Waals surface area contributed by atoms with E-state index in [1.807, 2.05) is 33.5 Å². The maximum Gasteiger partial charge on any atom is 0.387 e. The van der Waals surface area contributed by atoms with Crippen LogP contribution < -0.4 is 15.4 Å². The zero-order chi connectivity index (χ0) is 19.8. The fourth-order valence-corrected chi connectivity index (χ4v) is 2.66. The van der Waals surface area contributed by atoms with E-state index in [9.17, 15) is 8.78 Å². The number of rotatable bonds is 8. The average molecular weight is 508 g/mol. The molecule has 0 spiro atoms. The average Bonchev–Trinajstić information content (AvgIpc) is 3.04. The summed E-state index contributed by atoms with van der Waals surface area (Å²) >= 11 is 0. The van der Waals surface area contributed by atoms with Crippen molar-refractivity contribution in [3.63, 3.8) is 0 Å². The Hall–Kier alpha value is -1.95. The molecule has 0 aliphatic heterocycles. The summed E-state index contributed by atoms with van der Waals surface area (Å²) < 4.78 is 31.4. The van der Waals surface area contributed by atoms with Gasteiger partial charge >= 0.3 is 6.61 Å². The van der Waals surface area contributed by atoms with Gasteiger partial charge in [0.05, 0.1) is 12.2 Å². The highest BCUT2D eigenvalue weighted by Crippen LogP contribution is 2.20. The van der Waals surface area contributed by atoms with E-state index in [4.69, 9.17) is 0 Å². The van der Waals surface area contributed by atoms with Crippen molar-refractivity contribution in [3.05, 3.63) is 47.8 Å². The highest BCUT2D eigenvalue weighted by Gasteiger charge is 2.16. The van der Waals surface area contributed by atoms with Gasteiger partial charge < -0.3 is 20.3 Å². The predicted octanol–water partition coefficient (Wildman–Crippen LogP) is 2.61. The molecule has 0 amide bonds. The van der Waals surface area contributed by atoms with Crippen LogP contribution in [0.15, 0.2) is 41.7 Å². The Bertz CT molecular complexity index is 753. The normalized spacial score (nSPS) is 12.6. The van der Waals surface area contributed by atoms with Crippen LogP contribution in [-0.4, -0.2) is 54.9 Å². The van der Waals surface area contributed by atoms with Crippen LogP contribution in [0.25, 0.3) is 0 Å². The zero-order valence-electron chi connectivity index (χ0n) is 16.4. The number of hydrogen-bond donors (Lipinski definition) is 2. The number of benzene rings is 1. The van der Waals surface area contributed by atoms with Crippen LogP contribution in [0.3, 0.4) is 0 Å². The Kier molecular flexibility index (Phi) is 10.1. The van der Waals surface area contributed by atoms with Crippen molar-refractivity contribution in [3.8, 4) is 5.75 Å². The first kappa shape index (κ1) is 24.1. The summed E-state index contributed by atoms with van der Waals surface area (Å²) in [6, 6.07) is 6.78. The molecule has 0 radical (unpaired) electrons. The lowest BCUT2D eigenvalue weighted by Gasteiger charge is -2.24. The number of guanidine groups is 1. The summed E-state index contributed by atoms with van der Waals surface area (Å²) in [4.78, 5) is 6.28. The van der Waals surface area contributed by atoms with Crippen LogP contribution in [-0.2, 0) is 13.6 Å². The number of nitrogens with one attached hydrogen (secondary N) is 2. The molecule has 0 saturated carbocycles. The Morgan fingerprint density at radius 3 is 2.57 bits per heavy atom. The zero-order valence-corrected chi connectivity index (χ0v) is 18.7. The maximum atomic E-state index is 12.5. The van der Waals surface area contributed by atoms with E-state index >= 15 is 0 Å². The minimum atomic E-state index is -2.86. The van der Waals surface area contributed by atoms with Crippen LogP contribution in [0.5, 0.6) is 5.75 Å². The van der Waals surface area contributed by atoms with Crippen LogP contribution in [0.2, 0.25) is 0 Å². The molecular formula is C18H27F2IN6O. The number of halogens is 3. The van der Waals surface area contributed by atoms with Crippen molar-refractivity contribution in [1.82, 2.24) is 25.3 Å². The smallest absolute Gasteiger partial charge is 0.387 e. The van der Waals surface area contributed by atoms with E-state index in [0.717, 1.165) is 5.56 Å². The number of para-hydroxylation sites is 1. The Morgan fingerprint density at radius 1 is 1.29 bits per heavy atom. The van der Waals surface area contributed by atoms with Crippen molar-refractivity contribution in [2.45, 2.75) is 19.2 Å². The van der Waals surface area contributed by atoms with Gasteiger partial charge in [0, 0.05) is 44.5 Å². The molecular weight excluding hydrogens is 481 g/mol. The molecule has 2 N–H and O–H groups in total. The van der Waals surface area contributed by atoms with Crippen LogP contribution in [0, 0.1) is 0 Å². The van der Waals surface area contributed by atoms with Gasteiger partial charge in [0.15, 0.2) is 5.96 Å². The second-order valence-electron chi connectivity index (χ2n) is 6.22. The van der Waals surface area contributed by atoms with E-state index in [1.54, 1.807) is 29.9 Å². The van der Waals surface area contributed by atoms with Crippen LogP contribution >= 0.6 is 24.0 Å². The van der Waals surface area contributed by atoms with Crippen LogP contribution in [0.4, 0.5) is 8.78 Å². The molecule has 10 heteroatoms. The lowest BCUT2D eigenvalue weighted by atomic mass is 10.1. The van der Waals surface area contributed by atoms with Crippen LogP contribution in [0.1, 0.15) is 17.2 Å². The van der Waals surface area contributed by atoms with Gasteiger partial charge in [-0.05, 0) is 20.2 Å². The third kappa shape index (κ3) is 7.23. The molecule has 7 nitrogen and oxygen atoms in total. The second-order valence-corrected chi connectivity index (χ2v) is 6.22. The molecule has 0 aliphatic rings. The largest absolute Gasteiger partial charge is 0.434 e. The minimum Gasteiger partial charge on any atom is -0.434 e. The fourth-order valence-electron chi connectivity index (χ4n) is 2.66. The molecule has 28 heavy (non-hydrogen) atoms. The monoisotopic (exact) mass is 508 g/mol. The molecule has 156 valence electrons. The van der Waals surface area contributed by atoms with Crippen molar-refractivity contribution in [2.24, 2.45) is 12.0 Å². The van der Waals surface area contributed by atoms with E-state index in [1.165, 1.54) is 6.07 Å². The summed E-state index contributed by atoms with van der Waals surface area (Å²) in [7, 11) is 7.52. The number of hydrogen-bond acceptors (Lipinski definition) is 4. The number of alkyl halides is 2. The van der Waals surface area contributed by atoms with Gasteiger partial charge in [0.25, 0.3) is 0 Å². The summed E-state index contributed by atoms with van der Waals surface area (Å²) in [5.41, 5.74) is 1.71. The number of aliphatic imine (C=N–C) groups is 1. The Balaban J connectivity index is 0.00000392. The molecule has 0 fully saturated rings. The Labute approximate surface area is 181 Å². The number of likely N-dealkylation sites (N-methyl/N-ethyl adjacent to an activating group) is 1. The second kappa shape index (κ2) is 11.8. The van der Waals surface area contributed by atoms with E-state index in [2.05, 4.69) is 30.4 Å². The SMILES string of the molecule is CN=C(NCc1ccccc1OC(F)F)NCC(c1cnn(C)c1)N(C)C.I. The number of ether oxygens (including phenoxy) is 1. The first-order valence-electron chi connectivity index (χ1n) is 8.53. The van der Waals surface area contributed by atoms with Crippen molar-refractivity contribution < 1.29 is 13.5 Å². The van der Waals surface area contributed by atoms with Crippen molar-refractivity contribution in [2.75, 3.05) is 27.7 Å². The minimum absolute atomic E-state index is 0. The summed E-state index contributed by atoms with van der Waals surface area (Å²) in [5.74, 6) is 0.717. The Morgan fingerprint density at radius 2 is 2.00 bits per heavy atom. The van der Waals surface area contributed by atoms with Gasteiger partial charge in [-0.15, -0.1) is 24.0 Å². The number of aromatic nitrogens is 2. The highest BCUT2D eigenvalue weighted by atomic mass is 127. The summed E-state index contributed by atoms with van der Waals surface area (Å²) in [6.45, 7) is -1.95. The highest BCUT2D eigenvalue weighted by molar-refractivity contribution is 14.0. The molecule has 2 rings (SSSR count). The van der Waals surface area contributed by atoms with Crippen molar-refractivity contribution >= 4 is 29.9 Å². The molecule has 1 unspecified atom stereocenters. The van der Waals surface area contributed by atoms with Gasteiger partial charge in [-0.25, -0.2) is 0 Å². The van der Waals surface area contributed by atoms with E-state index in [0.29, 0.717) is 24.6 Å². The third-order valence-electron chi connectivity index (χ3n) is 4.05. The summed E-state index contributed by atoms with van der Waals surface area (Å²) in [5, 5.41) is 10.6. The molecule has 1 aromatic carbocycles. The van der Waals surface area contributed by atoms with Gasteiger partial charge in [-0.3, -0.25) is 9.67 Å².